The van der Waals surface area contributed by atoms with Crippen LogP contribution in [-0.2, 0) is 4.79 Å². The number of amides is 1. The van der Waals surface area contributed by atoms with Gasteiger partial charge in [0, 0.05) is 5.56 Å². The Morgan fingerprint density at radius 2 is 1.87 bits per heavy atom. The van der Waals surface area contributed by atoms with Crippen molar-refractivity contribution in [3.8, 4) is 0 Å². The molecule has 1 atom stereocenters. The zero-order valence-corrected chi connectivity index (χ0v) is 8.27. The van der Waals surface area contributed by atoms with Gasteiger partial charge in [-0.2, -0.15) is 0 Å². The summed E-state index contributed by atoms with van der Waals surface area (Å²) < 4.78 is 39.7. The molecule has 0 bridgehead atoms. The maximum absolute atomic E-state index is 13.3. The Balaban J connectivity index is 3.42. The zero-order chi connectivity index (χ0) is 11.7. The van der Waals surface area contributed by atoms with Crippen molar-refractivity contribution in [1.29, 1.82) is 0 Å². The molecule has 0 fully saturated rings. The lowest BCUT2D eigenvalue weighted by molar-refractivity contribution is -0.119. The van der Waals surface area contributed by atoms with Crippen LogP contribution in [0.3, 0.4) is 0 Å². The van der Waals surface area contributed by atoms with E-state index in [0.29, 0.717) is 0 Å². The van der Waals surface area contributed by atoms with E-state index in [2.05, 4.69) is 0 Å². The highest BCUT2D eigenvalue weighted by atomic mass is 19.2. The molecule has 1 unspecified atom stereocenters. The van der Waals surface area contributed by atoms with Gasteiger partial charge in [-0.1, -0.05) is 0 Å². The first-order valence-electron chi connectivity index (χ1n) is 4.29. The lowest BCUT2D eigenvalue weighted by Crippen LogP contribution is -2.21. The molecule has 5 heteroatoms. The van der Waals surface area contributed by atoms with E-state index in [9.17, 15) is 18.0 Å². The zero-order valence-electron chi connectivity index (χ0n) is 8.27. The molecule has 1 amide bonds. The SMILES string of the molecule is Cc1cc(F)c(C(C)C(N)=O)c(F)c1F. The summed E-state index contributed by atoms with van der Waals surface area (Å²) in [5.74, 6) is -5.56. The minimum atomic E-state index is -1.35. The van der Waals surface area contributed by atoms with Gasteiger partial charge in [0.25, 0.3) is 0 Å². The lowest BCUT2D eigenvalue weighted by Gasteiger charge is -2.11. The van der Waals surface area contributed by atoms with Gasteiger partial charge in [0.15, 0.2) is 11.6 Å². The topological polar surface area (TPSA) is 43.1 Å². The monoisotopic (exact) mass is 217 g/mol. The summed E-state index contributed by atoms with van der Waals surface area (Å²) in [5, 5.41) is 0. The fraction of sp³-hybridized carbons (Fsp3) is 0.300. The van der Waals surface area contributed by atoms with E-state index in [1.165, 1.54) is 13.8 Å². The van der Waals surface area contributed by atoms with Crippen LogP contribution in [0.1, 0.15) is 24.0 Å². The van der Waals surface area contributed by atoms with Crippen LogP contribution < -0.4 is 5.73 Å². The number of primary amides is 1. The second kappa shape index (κ2) is 3.92. The first-order valence-corrected chi connectivity index (χ1v) is 4.29. The number of carbonyl (C=O) groups is 1. The second-order valence-corrected chi connectivity index (χ2v) is 3.34. The number of aryl methyl sites for hydroxylation is 1. The average molecular weight is 217 g/mol. The van der Waals surface area contributed by atoms with Crippen molar-refractivity contribution < 1.29 is 18.0 Å². The van der Waals surface area contributed by atoms with Gasteiger partial charge in [0.2, 0.25) is 5.91 Å². The highest BCUT2D eigenvalue weighted by Gasteiger charge is 2.24. The number of nitrogens with two attached hydrogens (primary N) is 1. The number of hydrogen-bond donors (Lipinski definition) is 1. The van der Waals surface area contributed by atoms with Crippen molar-refractivity contribution in [1.82, 2.24) is 0 Å². The number of hydrogen-bond acceptors (Lipinski definition) is 1. The van der Waals surface area contributed by atoms with Gasteiger partial charge in [0.05, 0.1) is 5.92 Å². The van der Waals surface area contributed by atoms with Crippen LogP contribution in [0.2, 0.25) is 0 Å². The molecule has 0 aromatic heterocycles. The summed E-state index contributed by atoms with van der Waals surface area (Å²) in [6, 6.07) is 0.840. The van der Waals surface area contributed by atoms with E-state index in [4.69, 9.17) is 5.73 Å². The first kappa shape index (κ1) is 11.6. The van der Waals surface area contributed by atoms with E-state index in [1.807, 2.05) is 0 Å². The Morgan fingerprint density at radius 3 is 2.33 bits per heavy atom. The number of carbonyl (C=O) groups excluding carboxylic acids is 1. The Hall–Kier alpha value is -1.52. The van der Waals surface area contributed by atoms with Crippen LogP contribution in [-0.4, -0.2) is 5.91 Å². The van der Waals surface area contributed by atoms with Crippen LogP contribution in [0, 0.1) is 24.4 Å². The summed E-state index contributed by atoms with van der Waals surface area (Å²) in [6.45, 7) is 2.46. The van der Waals surface area contributed by atoms with Gasteiger partial charge in [-0.05, 0) is 25.5 Å². The molecule has 82 valence electrons. The molecule has 0 saturated heterocycles. The molecule has 0 aliphatic rings. The Bertz CT molecular complexity index is 418. The van der Waals surface area contributed by atoms with Crippen LogP contribution in [0.15, 0.2) is 6.07 Å². The molecular weight excluding hydrogens is 207 g/mol. The summed E-state index contributed by atoms with van der Waals surface area (Å²) in [6.07, 6.45) is 0. The standard InChI is InChI=1S/C10H10F3NO/c1-4-3-6(11)7(5(2)10(14)15)9(13)8(4)12/h3,5H,1-2H3,(H2,14,15). The predicted octanol–water partition coefficient (Wildman–Crippen LogP) is 2.00. The van der Waals surface area contributed by atoms with Gasteiger partial charge in [-0.25, -0.2) is 13.2 Å². The molecule has 15 heavy (non-hydrogen) atoms. The molecule has 0 heterocycles. The summed E-state index contributed by atoms with van der Waals surface area (Å²) in [4.78, 5) is 10.8. The van der Waals surface area contributed by atoms with Crippen LogP contribution in [0.5, 0.6) is 0 Å². The Kier molecular flexibility index (Phi) is 3.02. The van der Waals surface area contributed by atoms with Crippen molar-refractivity contribution in [2.75, 3.05) is 0 Å². The summed E-state index contributed by atoms with van der Waals surface area (Å²) >= 11 is 0. The number of benzene rings is 1. The number of halogens is 3. The predicted molar refractivity (Wildman–Crippen MR) is 48.7 cm³/mol. The molecule has 0 radical (unpaired) electrons. The fourth-order valence-corrected chi connectivity index (χ4v) is 1.27. The summed E-state index contributed by atoms with van der Waals surface area (Å²) in [5.41, 5.74) is 4.13. The molecule has 0 saturated carbocycles. The molecule has 1 aromatic carbocycles. The van der Waals surface area contributed by atoms with Crippen LogP contribution in [0.25, 0.3) is 0 Å². The van der Waals surface area contributed by atoms with Crippen molar-refractivity contribution in [3.05, 3.63) is 34.6 Å². The molecule has 0 aliphatic heterocycles. The Labute approximate surface area is 84.9 Å². The smallest absolute Gasteiger partial charge is 0.224 e. The highest BCUT2D eigenvalue weighted by Crippen LogP contribution is 2.26. The highest BCUT2D eigenvalue weighted by molar-refractivity contribution is 5.81. The van der Waals surface area contributed by atoms with Crippen molar-refractivity contribution in [3.63, 3.8) is 0 Å². The molecule has 2 N–H and O–H groups in total. The quantitative estimate of drug-likeness (QED) is 0.756. The van der Waals surface area contributed by atoms with E-state index >= 15 is 0 Å². The molecule has 1 rings (SSSR count). The average Bonchev–Trinajstić information content (AvgIpc) is 2.14. The third-order valence-electron chi connectivity index (χ3n) is 2.24. The third kappa shape index (κ3) is 1.95. The maximum atomic E-state index is 13.3. The molecule has 0 aliphatic carbocycles. The maximum Gasteiger partial charge on any atom is 0.224 e. The van der Waals surface area contributed by atoms with Crippen molar-refractivity contribution in [2.45, 2.75) is 19.8 Å². The van der Waals surface area contributed by atoms with Gasteiger partial charge in [-0.15, -0.1) is 0 Å². The third-order valence-corrected chi connectivity index (χ3v) is 2.24. The van der Waals surface area contributed by atoms with Crippen molar-refractivity contribution in [2.24, 2.45) is 5.73 Å². The van der Waals surface area contributed by atoms with Crippen LogP contribution >= 0.6 is 0 Å². The number of rotatable bonds is 2. The molecule has 0 spiro atoms. The molecular formula is C10H10F3NO. The van der Waals surface area contributed by atoms with E-state index < -0.39 is 34.8 Å². The van der Waals surface area contributed by atoms with E-state index in [1.54, 1.807) is 0 Å². The van der Waals surface area contributed by atoms with Gasteiger partial charge < -0.3 is 5.73 Å². The minimum absolute atomic E-state index is 0.148. The normalized spacial score (nSPS) is 12.6. The lowest BCUT2D eigenvalue weighted by atomic mass is 9.97. The van der Waals surface area contributed by atoms with Gasteiger partial charge >= 0.3 is 0 Å². The first-order chi connectivity index (χ1) is 6.86. The molecule has 1 aromatic rings. The van der Waals surface area contributed by atoms with E-state index in [0.717, 1.165) is 6.07 Å². The van der Waals surface area contributed by atoms with Crippen molar-refractivity contribution >= 4 is 5.91 Å². The minimum Gasteiger partial charge on any atom is -0.369 e. The second-order valence-electron chi connectivity index (χ2n) is 3.34. The van der Waals surface area contributed by atoms with Crippen LogP contribution in [0.4, 0.5) is 13.2 Å². The Morgan fingerprint density at radius 1 is 1.33 bits per heavy atom. The van der Waals surface area contributed by atoms with Gasteiger partial charge in [-0.3, -0.25) is 4.79 Å². The largest absolute Gasteiger partial charge is 0.369 e. The molecule has 2 nitrogen and oxygen atoms in total. The fourth-order valence-electron chi connectivity index (χ4n) is 1.27. The van der Waals surface area contributed by atoms with Gasteiger partial charge in [0.1, 0.15) is 5.82 Å². The summed E-state index contributed by atoms with van der Waals surface area (Å²) in [7, 11) is 0. The van der Waals surface area contributed by atoms with E-state index in [-0.39, 0.29) is 5.56 Å².